The molecule has 0 saturated heterocycles. The lowest BCUT2D eigenvalue weighted by Gasteiger charge is -2.18. The first-order valence-electron chi connectivity index (χ1n) is 9.20. The largest absolute Gasteiger partial charge is 0.449 e. The highest BCUT2D eigenvalue weighted by molar-refractivity contribution is 5.99. The molecule has 5 heteroatoms. The van der Waals surface area contributed by atoms with Crippen molar-refractivity contribution in [1.82, 2.24) is 5.32 Å². The van der Waals surface area contributed by atoms with Gasteiger partial charge in [-0.1, -0.05) is 49.2 Å². The van der Waals surface area contributed by atoms with Crippen LogP contribution in [0, 0.1) is 11.3 Å². The molecule has 5 nitrogen and oxygen atoms in total. The Morgan fingerprint density at radius 3 is 2.41 bits per heavy atom. The molecule has 0 aliphatic heterocycles. The molecule has 1 saturated carbocycles. The van der Waals surface area contributed by atoms with Gasteiger partial charge in [-0.05, 0) is 37.5 Å². The number of carbonyl (C=O) groups is 2. The summed E-state index contributed by atoms with van der Waals surface area (Å²) in [5.74, 6) is -0.849. The van der Waals surface area contributed by atoms with E-state index in [1.165, 1.54) is 0 Å². The van der Waals surface area contributed by atoms with E-state index in [2.05, 4.69) is 11.4 Å². The van der Waals surface area contributed by atoms with Gasteiger partial charge in [0.15, 0.2) is 6.10 Å². The van der Waals surface area contributed by atoms with Crippen LogP contribution in [0.15, 0.2) is 48.5 Å². The maximum absolute atomic E-state index is 12.7. The molecule has 138 valence electrons. The molecule has 0 spiro atoms. The fourth-order valence-electron chi connectivity index (χ4n) is 3.38. The van der Waals surface area contributed by atoms with Gasteiger partial charge in [-0.25, -0.2) is 4.79 Å². The van der Waals surface area contributed by atoms with Crippen molar-refractivity contribution in [2.24, 2.45) is 0 Å². The second-order valence-electron chi connectivity index (χ2n) is 6.74. The van der Waals surface area contributed by atoms with Crippen molar-refractivity contribution >= 4 is 11.9 Å². The lowest BCUT2D eigenvalue weighted by Crippen LogP contribution is -2.40. The van der Waals surface area contributed by atoms with Gasteiger partial charge in [0, 0.05) is 11.6 Å². The molecule has 1 aliphatic rings. The standard InChI is InChI=1S/C22H22N2O3/c1-15(21(25)24-17-9-3-4-10-17)27-22(26)20-13-7-6-12-19(20)18-11-5-2-8-16(18)14-23/h2,5-8,11-13,15,17H,3-4,9-10H2,1H3,(H,24,25)/t15-/m1/s1. The molecule has 2 aromatic rings. The fraction of sp³-hybridized carbons (Fsp3) is 0.318. The first kappa shape index (κ1) is 18.7. The number of esters is 1. The molecule has 1 fully saturated rings. The summed E-state index contributed by atoms with van der Waals surface area (Å²) in [4.78, 5) is 25.0. The van der Waals surface area contributed by atoms with Crippen LogP contribution in [-0.4, -0.2) is 24.0 Å². The predicted molar refractivity (Wildman–Crippen MR) is 102 cm³/mol. The fourth-order valence-corrected chi connectivity index (χ4v) is 3.38. The molecule has 0 unspecified atom stereocenters. The summed E-state index contributed by atoms with van der Waals surface area (Å²) in [5, 5.41) is 12.3. The summed E-state index contributed by atoms with van der Waals surface area (Å²) < 4.78 is 5.41. The van der Waals surface area contributed by atoms with Crippen molar-refractivity contribution in [3.05, 3.63) is 59.7 Å². The second kappa shape index (κ2) is 8.50. The van der Waals surface area contributed by atoms with Crippen molar-refractivity contribution in [1.29, 1.82) is 5.26 Å². The number of carbonyl (C=O) groups excluding carboxylic acids is 2. The Hall–Kier alpha value is -3.13. The Bertz CT molecular complexity index is 879. The van der Waals surface area contributed by atoms with Gasteiger partial charge < -0.3 is 10.1 Å². The lowest BCUT2D eigenvalue weighted by molar-refractivity contribution is -0.129. The molecule has 0 aromatic heterocycles. The molecular formula is C22H22N2O3. The van der Waals surface area contributed by atoms with Crippen LogP contribution in [-0.2, 0) is 9.53 Å². The number of nitriles is 1. The highest BCUT2D eigenvalue weighted by Crippen LogP contribution is 2.27. The molecular weight excluding hydrogens is 340 g/mol. The van der Waals surface area contributed by atoms with Crippen molar-refractivity contribution in [3.8, 4) is 17.2 Å². The number of rotatable bonds is 5. The molecule has 0 bridgehead atoms. The third-order valence-electron chi connectivity index (χ3n) is 4.84. The van der Waals surface area contributed by atoms with E-state index >= 15 is 0 Å². The zero-order valence-corrected chi connectivity index (χ0v) is 15.3. The number of hydrogen-bond donors (Lipinski definition) is 1. The van der Waals surface area contributed by atoms with E-state index in [9.17, 15) is 14.9 Å². The van der Waals surface area contributed by atoms with E-state index in [4.69, 9.17) is 4.74 Å². The summed E-state index contributed by atoms with van der Waals surface area (Å²) in [6, 6.07) is 16.4. The summed E-state index contributed by atoms with van der Waals surface area (Å²) >= 11 is 0. The lowest BCUT2D eigenvalue weighted by atomic mass is 9.96. The Balaban J connectivity index is 1.77. The maximum atomic E-state index is 12.7. The molecule has 1 amide bonds. The third-order valence-corrected chi connectivity index (χ3v) is 4.84. The number of ether oxygens (including phenoxy) is 1. The van der Waals surface area contributed by atoms with Gasteiger partial charge in [0.25, 0.3) is 5.91 Å². The SMILES string of the molecule is C[C@@H](OC(=O)c1ccccc1-c1ccccc1C#N)C(=O)NC1CCCC1. The molecule has 3 rings (SSSR count). The molecule has 1 aliphatic carbocycles. The van der Waals surface area contributed by atoms with Crippen molar-refractivity contribution in [2.75, 3.05) is 0 Å². The van der Waals surface area contributed by atoms with E-state index < -0.39 is 12.1 Å². The van der Waals surface area contributed by atoms with Gasteiger partial charge in [-0.3, -0.25) is 4.79 Å². The van der Waals surface area contributed by atoms with Gasteiger partial charge >= 0.3 is 5.97 Å². The molecule has 27 heavy (non-hydrogen) atoms. The van der Waals surface area contributed by atoms with Crippen LogP contribution in [0.3, 0.4) is 0 Å². The van der Waals surface area contributed by atoms with Crippen molar-refractivity contribution in [2.45, 2.75) is 44.8 Å². The average Bonchev–Trinajstić information content (AvgIpc) is 3.20. The minimum atomic E-state index is -0.877. The normalized spacial score (nSPS) is 15.0. The van der Waals surface area contributed by atoms with Crippen molar-refractivity contribution in [3.63, 3.8) is 0 Å². The minimum Gasteiger partial charge on any atom is -0.449 e. The van der Waals surface area contributed by atoms with Crippen LogP contribution < -0.4 is 5.32 Å². The topological polar surface area (TPSA) is 79.2 Å². The van der Waals surface area contributed by atoms with E-state index in [1.807, 2.05) is 6.07 Å². The van der Waals surface area contributed by atoms with Crippen molar-refractivity contribution < 1.29 is 14.3 Å². The first-order chi connectivity index (χ1) is 13.1. The summed E-state index contributed by atoms with van der Waals surface area (Å²) in [7, 11) is 0. The van der Waals surface area contributed by atoms with Crippen LogP contribution in [0.25, 0.3) is 11.1 Å². The Kier molecular flexibility index (Phi) is 5.87. The monoisotopic (exact) mass is 362 g/mol. The smallest absolute Gasteiger partial charge is 0.339 e. The summed E-state index contributed by atoms with van der Waals surface area (Å²) in [6.45, 7) is 1.58. The van der Waals surface area contributed by atoms with Crippen LogP contribution >= 0.6 is 0 Å². The quantitative estimate of drug-likeness (QED) is 0.820. The van der Waals surface area contributed by atoms with E-state index in [-0.39, 0.29) is 11.9 Å². The Labute approximate surface area is 159 Å². The van der Waals surface area contributed by atoms with Crippen LogP contribution in [0.5, 0.6) is 0 Å². The maximum Gasteiger partial charge on any atom is 0.339 e. The number of hydrogen-bond acceptors (Lipinski definition) is 4. The van der Waals surface area contributed by atoms with Gasteiger partial charge in [0.05, 0.1) is 17.2 Å². The van der Waals surface area contributed by atoms with E-state index in [0.29, 0.717) is 22.3 Å². The predicted octanol–water partition coefficient (Wildman–Crippen LogP) is 3.83. The Morgan fingerprint density at radius 2 is 1.70 bits per heavy atom. The highest BCUT2D eigenvalue weighted by atomic mass is 16.5. The number of benzene rings is 2. The molecule has 1 N–H and O–H groups in total. The van der Waals surface area contributed by atoms with E-state index in [1.54, 1.807) is 49.4 Å². The first-order valence-corrected chi connectivity index (χ1v) is 9.20. The van der Waals surface area contributed by atoms with Gasteiger partial charge in [-0.15, -0.1) is 0 Å². The van der Waals surface area contributed by atoms with Gasteiger partial charge in [-0.2, -0.15) is 5.26 Å². The number of nitrogens with zero attached hydrogens (tertiary/aromatic N) is 1. The highest BCUT2D eigenvalue weighted by Gasteiger charge is 2.24. The molecule has 0 radical (unpaired) electrons. The molecule has 1 atom stereocenters. The van der Waals surface area contributed by atoms with Gasteiger partial charge in [0.2, 0.25) is 0 Å². The minimum absolute atomic E-state index is 0.174. The van der Waals surface area contributed by atoms with Gasteiger partial charge in [0.1, 0.15) is 0 Å². The average molecular weight is 362 g/mol. The van der Waals surface area contributed by atoms with Crippen LogP contribution in [0.4, 0.5) is 0 Å². The molecule has 2 aromatic carbocycles. The van der Waals surface area contributed by atoms with Crippen LogP contribution in [0.1, 0.15) is 48.5 Å². The zero-order valence-electron chi connectivity index (χ0n) is 15.3. The van der Waals surface area contributed by atoms with E-state index in [0.717, 1.165) is 25.7 Å². The molecule has 0 heterocycles. The van der Waals surface area contributed by atoms with Crippen LogP contribution in [0.2, 0.25) is 0 Å². The zero-order chi connectivity index (χ0) is 19.2. The Morgan fingerprint density at radius 1 is 1.07 bits per heavy atom. The summed E-state index contributed by atoms with van der Waals surface area (Å²) in [5.41, 5.74) is 2.09. The summed E-state index contributed by atoms with van der Waals surface area (Å²) in [6.07, 6.45) is 3.30. The number of nitrogens with one attached hydrogen (secondary N) is 1. The third kappa shape index (κ3) is 4.35. The number of amides is 1. The second-order valence-corrected chi connectivity index (χ2v) is 6.74.